The van der Waals surface area contributed by atoms with Crippen molar-refractivity contribution in [3.8, 4) is 11.9 Å². The van der Waals surface area contributed by atoms with E-state index in [1.807, 2.05) is 6.92 Å². The Hall–Kier alpha value is -2.76. The quantitative estimate of drug-likeness (QED) is 0.591. The van der Waals surface area contributed by atoms with Crippen LogP contribution >= 0.6 is 0 Å². The van der Waals surface area contributed by atoms with Crippen LogP contribution in [0.5, 0.6) is 0 Å². The van der Waals surface area contributed by atoms with Crippen LogP contribution in [0.3, 0.4) is 0 Å². The summed E-state index contributed by atoms with van der Waals surface area (Å²) in [4.78, 5) is 14.5. The maximum Gasteiger partial charge on any atom is 0.336 e. The zero-order valence-corrected chi connectivity index (χ0v) is 10.4. The third kappa shape index (κ3) is 2.15. The van der Waals surface area contributed by atoms with Crippen LogP contribution in [0.2, 0.25) is 0 Å². The summed E-state index contributed by atoms with van der Waals surface area (Å²) in [7, 11) is 1.59. The van der Waals surface area contributed by atoms with Gasteiger partial charge >= 0.3 is 5.69 Å². The standard InChI is InChI=1S/C10H11N7O2/c1-3-4-7-9(17(18)19)10(15(2)13-7)16-6-12-8(5-11)14-16/h6H,3-4H2,1-2H3. The first-order valence-electron chi connectivity index (χ1n) is 5.60. The Morgan fingerprint density at radius 2 is 2.26 bits per heavy atom. The predicted octanol–water partition coefficient (Wildman–Crippen LogP) is 0.733. The van der Waals surface area contributed by atoms with Crippen LogP contribution in [-0.4, -0.2) is 29.5 Å². The highest BCUT2D eigenvalue weighted by Gasteiger charge is 2.28. The van der Waals surface area contributed by atoms with E-state index in [-0.39, 0.29) is 17.3 Å². The van der Waals surface area contributed by atoms with Gasteiger partial charge in [0, 0.05) is 7.05 Å². The molecule has 2 aromatic heterocycles. The molecule has 0 N–H and O–H groups in total. The van der Waals surface area contributed by atoms with Gasteiger partial charge in [0.2, 0.25) is 5.82 Å². The zero-order chi connectivity index (χ0) is 14.0. The average molecular weight is 261 g/mol. The van der Waals surface area contributed by atoms with E-state index in [2.05, 4.69) is 15.2 Å². The predicted molar refractivity (Wildman–Crippen MR) is 63.5 cm³/mol. The monoisotopic (exact) mass is 261 g/mol. The minimum absolute atomic E-state index is 0.0486. The second-order valence-electron chi connectivity index (χ2n) is 3.87. The summed E-state index contributed by atoms with van der Waals surface area (Å²) in [6.07, 6.45) is 2.51. The van der Waals surface area contributed by atoms with Crippen molar-refractivity contribution in [2.24, 2.45) is 7.05 Å². The molecule has 0 saturated heterocycles. The summed E-state index contributed by atoms with van der Waals surface area (Å²) >= 11 is 0. The SMILES string of the molecule is CCCc1nn(C)c(-n2cnc(C#N)n2)c1[N+](=O)[O-]. The Labute approximate surface area is 108 Å². The number of nitro groups is 1. The fourth-order valence-electron chi connectivity index (χ4n) is 1.82. The lowest BCUT2D eigenvalue weighted by atomic mass is 10.2. The molecular weight excluding hydrogens is 250 g/mol. The van der Waals surface area contributed by atoms with Crippen LogP contribution in [0, 0.1) is 21.4 Å². The molecule has 9 heteroatoms. The number of aryl methyl sites for hydroxylation is 2. The summed E-state index contributed by atoms with van der Waals surface area (Å²) in [6.45, 7) is 1.92. The lowest BCUT2D eigenvalue weighted by Crippen LogP contribution is -2.06. The number of nitrogens with zero attached hydrogens (tertiary/aromatic N) is 7. The molecule has 98 valence electrons. The van der Waals surface area contributed by atoms with Gasteiger partial charge in [-0.25, -0.2) is 9.67 Å². The Balaban J connectivity index is 2.62. The number of rotatable bonds is 4. The van der Waals surface area contributed by atoms with Gasteiger partial charge in [-0.05, 0) is 6.42 Å². The lowest BCUT2D eigenvalue weighted by molar-refractivity contribution is -0.385. The van der Waals surface area contributed by atoms with Gasteiger partial charge in [-0.3, -0.25) is 10.1 Å². The molecule has 2 aromatic rings. The topological polar surface area (TPSA) is 115 Å². The van der Waals surface area contributed by atoms with E-state index < -0.39 is 4.92 Å². The van der Waals surface area contributed by atoms with E-state index in [0.29, 0.717) is 12.1 Å². The summed E-state index contributed by atoms with van der Waals surface area (Å²) in [6, 6.07) is 1.77. The van der Waals surface area contributed by atoms with Crippen LogP contribution in [0.4, 0.5) is 5.69 Å². The third-order valence-corrected chi connectivity index (χ3v) is 2.54. The van der Waals surface area contributed by atoms with Crippen LogP contribution in [0.15, 0.2) is 6.33 Å². The van der Waals surface area contributed by atoms with Crippen molar-refractivity contribution >= 4 is 5.69 Å². The summed E-state index contributed by atoms with van der Waals surface area (Å²) in [5.74, 6) is 0.148. The van der Waals surface area contributed by atoms with Gasteiger partial charge in [-0.1, -0.05) is 13.3 Å². The van der Waals surface area contributed by atoms with Crippen LogP contribution < -0.4 is 0 Å². The van der Waals surface area contributed by atoms with Gasteiger partial charge in [0.05, 0.1) is 4.92 Å². The second-order valence-corrected chi connectivity index (χ2v) is 3.87. The first-order valence-corrected chi connectivity index (χ1v) is 5.60. The molecule has 0 amide bonds. The molecule has 0 aliphatic carbocycles. The largest absolute Gasteiger partial charge is 0.336 e. The molecule has 0 spiro atoms. The zero-order valence-electron chi connectivity index (χ0n) is 10.4. The van der Waals surface area contributed by atoms with E-state index in [1.165, 1.54) is 15.7 Å². The molecule has 0 fully saturated rings. The van der Waals surface area contributed by atoms with Gasteiger partial charge in [-0.2, -0.15) is 15.0 Å². The van der Waals surface area contributed by atoms with Gasteiger partial charge in [-0.15, -0.1) is 5.10 Å². The molecule has 2 rings (SSSR count). The van der Waals surface area contributed by atoms with Gasteiger partial charge < -0.3 is 0 Å². The molecule has 0 aliphatic heterocycles. The number of aromatic nitrogens is 5. The second kappa shape index (κ2) is 4.85. The molecule has 0 aliphatic rings. The first kappa shape index (κ1) is 12.7. The number of hydrogen-bond acceptors (Lipinski definition) is 6. The minimum Gasteiger partial charge on any atom is -0.258 e. The molecule has 2 heterocycles. The van der Waals surface area contributed by atoms with Crippen LogP contribution in [0.25, 0.3) is 5.82 Å². The van der Waals surface area contributed by atoms with E-state index >= 15 is 0 Å². The average Bonchev–Trinajstić information content (AvgIpc) is 2.93. The van der Waals surface area contributed by atoms with Crippen molar-refractivity contribution < 1.29 is 4.92 Å². The van der Waals surface area contributed by atoms with Crippen LogP contribution in [-0.2, 0) is 13.5 Å². The van der Waals surface area contributed by atoms with E-state index in [1.54, 1.807) is 13.1 Å². The number of nitriles is 1. The lowest BCUT2D eigenvalue weighted by Gasteiger charge is -1.99. The van der Waals surface area contributed by atoms with Gasteiger partial charge in [0.25, 0.3) is 5.82 Å². The fraction of sp³-hybridized carbons (Fsp3) is 0.400. The van der Waals surface area contributed by atoms with Gasteiger partial charge in [0.1, 0.15) is 18.1 Å². The summed E-state index contributed by atoms with van der Waals surface area (Å²) < 4.78 is 2.57. The first-order chi connectivity index (χ1) is 9.08. The Bertz CT molecular complexity index is 664. The molecule has 0 bridgehead atoms. The van der Waals surface area contributed by atoms with Crippen LogP contribution in [0.1, 0.15) is 24.9 Å². The molecule has 0 saturated carbocycles. The molecule has 19 heavy (non-hydrogen) atoms. The van der Waals surface area contributed by atoms with Crippen molar-refractivity contribution in [1.82, 2.24) is 24.5 Å². The fourth-order valence-corrected chi connectivity index (χ4v) is 1.82. The van der Waals surface area contributed by atoms with Crippen molar-refractivity contribution in [2.45, 2.75) is 19.8 Å². The van der Waals surface area contributed by atoms with E-state index in [9.17, 15) is 10.1 Å². The molecule has 0 atom stereocenters. The molecular formula is C10H11N7O2. The summed E-state index contributed by atoms with van der Waals surface area (Å²) in [5.41, 5.74) is 0.303. The maximum absolute atomic E-state index is 11.2. The molecule has 0 unspecified atom stereocenters. The highest BCUT2D eigenvalue weighted by Crippen LogP contribution is 2.26. The maximum atomic E-state index is 11.2. The van der Waals surface area contributed by atoms with Crippen molar-refractivity contribution in [2.75, 3.05) is 0 Å². The Kier molecular flexibility index (Phi) is 3.24. The third-order valence-electron chi connectivity index (χ3n) is 2.54. The summed E-state index contributed by atoms with van der Waals surface area (Å²) in [5, 5.41) is 27.9. The Morgan fingerprint density at radius 1 is 1.53 bits per heavy atom. The number of hydrogen-bond donors (Lipinski definition) is 0. The van der Waals surface area contributed by atoms with E-state index in [4.69, 9.17) is 5.26 Å². The molecule has 0 radical (unpaired) electrons. The Morgan fingerprint density at radius 3 is 2.79 bits per heavy atom. The molecule has 9 nitrogen and oxygen atoms in total. The highest BCUT2D eigenvalue weighted by molar-refractivity contribution is 5.51. The van der Waals surface area contributed by atoms with E-state index in [0.717, 1.165) is 6.42 Å². The van der Waals surface area contributed by atoms with Gasteiger partial charge in [0.15, 0.2) is 0 Å². The highest BCUT2D eigenvalue weighted by atomic mass is 16.6. The smallest absolute Gasteiger partial charge is 0.258 e. The molecule has 0 aromatic carbocycles. The van der Waals surface area contributed by atoms with Crippen molar-refractivity contribution in [3.63, 3.8) is 0 Å². The van der Waals surface area contributed by atoms with Crippen molar-refractivity contribution in [3.05, 3.63) is 28.0 Å². The van der Waals surface area contributed by atoms with Crippen molar-refractivity contribution in [1.29, 1.82) is 5.26 Å². The minimum atomic E-state index is -0.485. The normalized spacial score (nSPS) is 10.4.